The zero-order chi connectivity index (χ0) is 28.4. The second-order valence-corrected chi connectivity index (χ2v) is 13.6. The third-order valence-corrected chi connectivity index (χ3v) is 9.25. The number of piperidine rings is 1. The van der Waals surface area contributed by atoms with Gasteiger partial charge in [0.15, 0.2) is 9.84 Å². The fraction of sp³-hybridized carbons (Fsp3) is 0.357. The van der Waals surface area contributed by atoms with Gasteiger partial charge >= 0.3 is 0 Å². The molecule has 1 amide bonds. The van der Waals surface area contributed by atoms with Crippen LogP contribution in [0.2, 0.25) is 5.02 Å². The fourth-order valence-corrected chi connectivity index (χ4v) is 6.87. The monoisotopic (exact) mass is 602 g/mol. The predicted molar refractivity (Wildman–Crippen MR) is 158 cm³/mol. The molecule has 12 heteroatoms. The summed E-state index contributed by atoms with van der Waals surface area (Å²) in [6.45, 7) is 4.44. The molecule has 40 heavy (non-hydrogen) atoms. The maximum atomic E-state index is 12.4. The summed E-state index contributed by atoms with van der Waals surface area (Å²) in [4.78, 5) is 17.0. The second kappa shape index (κ2) is 11.8. The van der Waals surface area contributed by atoms with Gasteiger partial charge in [0.1, 0.15) is 33.8 Å². The van der Waals surface area contributed by atoms with E-state index in [-0.39, 0.29) is 10.6 Å². The minimum absolute atomic E-state index is 0.0849. The van der Waals surface area contributed by atoms with Crippen molar-refractivity contribution < 1.29 is 22.7 Å². The maximum Gasteiger partial charge on any atom is 0.262 e. The van der Waals surface area contributed by atoms with Gasteiger partial charge in [0.05, 0.1) is 28.4 Å². The Hall–Kier alpha value is -3.12. The third kappa shape index (κ3) is 6.43. The van der Waals surface area contributed by atoms with Gasteiger partial charge in [-0.2, -0.15) is 0 Å². The van der Waals surface area contributed by atoms with E-state index < -0.39 is 21.8 Å². The number of thiophene rings is 1. The lowest BCUT2D eigenvalue weighted by Crippen LogP contribution is -2.30. The van der Waals surface area contributed by atoms with E-state index in [1.165, 1.54) is 17.6 Å². The minimum Gasteiger partial charge on any atom is -0.492 e. The van der Waals surface area contributed by atoms with E-state index >= 15 is 0 Å². The summed E-state index contributed by atoms with van der Waals surface area (Å²) >= 11 is 7.91. The summed E-state index contributed by atoms with van der Waals surface area (Å²) in [5, 5.41) is 4.48. The van der Waals surface area contributed by atoms with Crippen molar-refractivity contribution in [2.45, 2.75) is 31.6 Å². The van der Waals surface area contributed by atoms with Gasteiger partial charge < -0.3 is 20.5 Å². The summed E-state index contributed by atoms with van der Waals surface area (Å²) in [7, 11) is -3.21. The summed E-state index contributed by atoms with van der Waals surface area (Å²) in [6, 6.07) is 12.6. The van der Waals surface area contributed by atoms with E-state index in [9.17, 15) is 13.2 Å². The normalized spacial score (nSPS) is 15.3. The lowest BCUT2D eigenvalue weighted by Gasteiger charge is -2.23. The Morgan fingerprint density at radius 2 is 2.00 bits per heavy atom. The molecule has 0 spiro atoms. The largest absolute Gasteiger partial charge is 0.492 e. The van der Waals surface area contributed by atoms with Gasteiger partial charge in [-0.1, -0.05) is 29.8 Å². The first-order valence-electron chi connectivity index (χ1n) is 13.0. The average Bonchev–Trinajstić information content (AvgIpc) is 3.51. The van der Waals surface area contributed by atoms with Crippen molar-refractivity contribution in [2.24, 2.45) is 11.7 Å². The quantitative estimate of drug-likeness (QED) is 0.264. The van der Waals surface area contributed by atoms with E-state index in [1.807, 2.05) is 25.1 Å². The number of carbonyl (C=O) groups is 1. The van der Waals surface area contributed by atoms with Crippen LogP contribution < -0.4 is 20.5 Å². The predicted octanol–water partition coefficient (Wildman–Crippen LogP) is 4.90. The fourth-order valence-electron chi connectivity index (χ4n) is 4.82. The van der Waals surface area contributed by atoms with E-state index in [2.05, 4.69) is 10.3 Å². The van der Waals surface area contributed by atoms with Gasteiger partial charge in [-0.25, -0.2) is 13.4 Å². The molecule has 9 nitrogen and oxygen atoms in total. The number of rotatable bonds is 10. The van der Waals surface area contributed by atoms with Crippen LogP contribution >= 0.6 is 22.9 Å². The van der Waals surface area contributed by atoms with Crippen molar-refractivity contribution in [3.8, 4) is 16.5 Å². The molecule has 1 saturated heterocycles. The number of nitrogens with two attached hydrogens (primary N) is 1. The topological polar surface area (TPSA) is 126 Å². The zero-order valence-electron chi connectivity index (χ0n) is 22.2. The highest BCUT2D eigenvalue weighted by molar-refractivity contribution is 7.89. The molecule has 0 bridgehead atoms. The highest BCUT2D eigenvalue weighted by Gasteiger charge is 2.23. The zero-order valence-corrected chi connectivity index (χ0v) is 24.6. The Labute approximate surface area is 242 Å². The SMILES string of the molecule is C[C@@H](Oc1cc(-n2cnc3ccc(CS(C)(=O)=O)cc32)sc1C(N)=O)c1cccc(OCC2CCNCC2)c1Cl. The summed E-state index contributed by atoms with van der Waals surface area (Å²) in [6.07, 6.45) is 4.45. The van der Waals surface area contributed by atoms with Crippen LogP contribution in [0.3, 0.4) is 0 Å². The molecular weight excluding hydrogens is 572 g/mol. The Morgan fingerprint density at radius 1 is 1.23 bits per heavy atom. The van der Waals surface area contributed by atoms with E-state index in [1.54, 1.807) is 35.2 Å². The molecule has 0 radical (unpaired) electrons. The molecule has 1 aliphatic rings. The number of nitrogens with one attached hydrogen (secondary N) is 1. The lowest BCUT2D eigenvalue weighted by molar-refractivity contribution is 0.0998. The summed E-state index contributed by atoms with van der Waals surface area (Å²) in [5.41, 5.74) is 8.49. The van der Waals surface area contributed by atoms with E-state index in [0.29, 0.717) is 50.6 Å². The molecule has 0 unspecified atom stereocenters. The van der Waals surface area contributed by atoms with Crippen LogP contribution in [0.5, 0.6) is 11.5 Å². The molecular formula is C28H31ClN4O5S2. The number of hydrogen-bond donors (Lipinski definition) is 2. The number of amides is 1. The Bertz CT molecular complexity index is 1640. The first kappa shape index (κ1) is 28.4. The Balaban J connectivity index is 1.40. The van der Waals surface area contributed by atoms with E-state index in [0.717, 1.165) is 31.5 Å². The molecule has 2 aromatic carbocycles. The lowest BCUT2D eigenvalue weighted by atomic mass is 9.99. The molecule has 3 N–H and O–H groups in total. The van der Waals surface area contributed by atoms with Crippen LogP contribution in [0.15, 0.2) is 48.8 Å². The van der Waals surface area contributed by atoms with Gasteiger partial charge in [0, 0.05) is 17.9 Å². The third-order valence-electron chi connectivity index (χ3n) is 6.85. The van der Waals surface area contributed by atoms with Crippen molar-refractivity contribution in [1.82, 2.24) is 14.9 Å². The highest BCUT2D eigenvalue weighted by atomic mass is 35.5. The number of nitrogens with zero attached hydrogens (tertiary/aromatic N) is 2. The van der Waals surface area contributed by atoms with Crippen molar-refractivity contribution in [1.29, 1.82) is 0 Å². The molecule has 5 rings (SSSR count). The number of fused-ring (bicyclic) bond motifs is 1. The summed E-state index contributed by atoms with van der Waals surface area (Å²) < 4.78 is 37.8. The molecule has 3 heterocycles. The number of aromatic nitrogens is 2. The van der Waals surface area contributed by atoms with Crippen molar-refractivity contribution >= 4 is 49.7 Å². The average molecular weight is 603 g/mol. The van der Waals surface area contributed by atoms with Crippen LogP contribution in [0, 0.1) is 5.92 Å². The van der Waals surface area contributed by atoms with E-state index in [4.69, 9.17) is 26.8 Å². The second-order valence-electron chi connectivity index (χ2n) is 10.1. The van der Waals surface area contributed by atoms with Crippen LogP contribution in [0.1, 0.15) is 46.7 Å². The number of halogens is 1. The first-order chi connectivity index (χ1) is 19.1. The number of sulfone groups is 1. The molecule has 1 aliphatic heterocycles. The van der Waals surface area contributed by atoms with Gasteiger partial charge in [-0.3, -0.25) is 9.36 Å². The van der Waals surface area contributed by atoms with Crippen molar-refractivity contribution in [3.63, 3.8) is 0 Å². The highest BCUT2D eigenvalue weighted by Crippen LogP contribution is 2.39. The van der Waals surface area contributed by atoms with Crippen molar-refractivity contribution in [3.05, 3.63) is 69.8 Å². The Kier molecular flexibility index (Phi) is 8.37. The maximum absolute atomic E-state index is 12.4. The molecule has 0 saturated carbocycles. The van der Waals surface area contributed by atoms with Crippen LogP contribution in [-0.4, -0.2) is 49.8 Å². The summed E-state index contributed by atoms with van der Waals surface area (Å²) in [5.74, 6) is 0.707. The van der Waals surface area contributed by atoms with Gasteiger partial charge in [-0.15, -0.1) is 11.3 Å². The van der Waals surface area contributed by atoms with Crippen LogP contribution in [0.4, 0.5) is 0 Å². The molecule has 212 valence electrons. The number of hydrogen-bond acceptors (Lipinski definition) is 8. The number of carbonyl (C=O) groups excluding carboxylic acids is 1. The molecule has 1 atom stereocenters. The molecule has 2 aromatic heterocycles. The number of ether oxygens (including phenoxy) is 2. The van der Waals surface area contributed by atoms with Crippen molar-refractivity contribution in [2.75, 3.05) is 26.0 Å². The molecule has 1 fully saturated rings. The van der Waals surface area contributed by atoms with Gasteiger partial charge in [-0.05, 0) is 62.5 Å². The van der Waals surface area contributed by atoms with Gasteiger partial charge in [0.2, 0.25) is 0 Å². The van der Waals surface area contributed by atoms with Gasteiger partial charge in [0.25, 0.3) is 5.91 Å². The number of imidazole rings is 1. The Morgan fingerprint density at radius 3 is 2.73 bits per heavy atom. The van der Waals surface area contributed by atoms with Crippen LogP contribution in [-0.2, 0) is 15.6 Å². The number of benzene rings is 2. The minimum atomic E-state index is -3.21. The standard InChI is InChI=1S/C28H31ClN4O5S2/c1-17(20-4-3-5-23(26(20)29)37-14-18-8-10-31-11-9-18)38-24-13-25(39-27(24)28(30)34)33-16-32-21-7-6-19(12-22(21)33)15-40(2,35)36/h3-7,12-13,16-18,31H,8-11,14-15H2,1-2H3,(H2,30,34)/t17-/m1/s1. The molecule has 4 aromatic rings. The smallest absolute Gasteiger partial charge is 0.262 e. The molecule has 0 aliphatic carbocycles. The van der Waals surface area contributed by atoms with Crippen LogP contribution in [0.25, 0.3) is 16.0 Å². The first-order valence-corrected chi connectivity index (χ1v) is 16.2. The number of primary amides is 1.